The lowest BCUT2D eigenvalue weighted by Gasteiger charge is -2.37. The third-order valence-corrected chi connectivity index (χ3v) is 5.66. The second kappa shape index (κ2) is 7.49. The van der Waals surface area contributed by atoms with Crippen LogP contribution >= 0.6 is 11.3 Å². The Hall–Kier alpha value is -1.66. The van der Waals surface area contributed by atoms with Gasteiger partial charge in [0.2, 0.25) is 5.95 Å². The largest absolute Gasteiger partial charge is 0.356 e. The topological polar surface area (TPSA) is 35.5 Å². The van der Waals surface area contributed by atoms with E-state index in [9.17, 15) is 0 Å². The van der Waals surface area contributed by atoms with E-state index in [1.54, 1.807) is 0 Å². The van der Waals surface area contributed by atoms with E-state index in [0.717, 1.165) is 31.4 Å². The number of hydrogen-bond donors (Lipinski definition) is 0. The summed E-state index contributed by atoms with van der Waals surface area (Å²) in [6.45, 7) is 5.57. The Bertz CT molecular complexity index is 661. The molecule has 3 heterocycles. The maximum Gasteiger partial charge on any atom is 0.226 e. The molecule has 1 aliphatic heterocycles. The maximum atomic E-state index is 4.67. The van der Waals surface area contributed by atoms with Gasteiger partial charge >= 0.3 is 0 Å². The van der Waals surface area contributed by atoms with E-state index in [1.165, 1.54) is 22.6 Å². The molecule has 130 valence electrons. The van der Waals surface area contributed by atoms with Crippen LogP contribution in [0.2, 0.25) is 0 Å². The highest BCUT2D eigenvalue weighted by molar-refractivity contribution is 7.11. The number of piperidine rings is 1. The summed E-state index contributed by atoms with van der Waals surface area (Å²) in [6.07, 6.45) is 4.22. The number of aryl methyl sites for hydroxylation is 1. The monoisotopic (exact) mass is 345 g/mol. The zero-order valence-corrected chi connectivity index (χ0v) is 15.9. The molecule has 2 aromatic heterocycles. The molecule has 0 N–H and O–H groups in total. The smallest absolute Gasteiger partial charge is 0.226 e. The van der Waals surface area contributed by atoms with Crippen LogP contribution in [0.1, 0.15) is 22.6 Å². The quantitative estimate of drug-likeness (QED) is 0.832. The van der Waals surface area contributed by atoms with Crippen LogP contribution in [0.3, 0.4) is 0 Å². The lowest BCUT2D eigenvalue weighted by atomic mass is 10.0. The molecule has 0 amide bonds. The summed E-state index contributed by atoms with van der Waals surface area (Å²) in [7, 11) is 6.11. The summed E-state index contributed by atoms with van der Waals surface area (Å²) in [5.74, 6) is 1.78. The van der Waals surface area contributed by atoms with Crippen LogP contribution in [0.15, 0.2) is 24.4 Å². The molecule has 6 heteroatoms. The van der Waals surface area contributed by atoms with Crippen LogP contribution in [0.4, 0.5) is 11.8 Å². The molecule has 0 unspecified atom stereocenters. The van der Waals surface area contributed by atoms with Crippen molar-refractivity contribution in [2.24, 2.45) is 0 Å². The third kappa shape index (κ3) is 4.05. The standard InChI is InChI=1S/C18H27N5S/c1-14-5-6-16(24-14)13-23-11-8-15(9-12-23)22(4)17-7-10-19-18(20-17)21(2)3/h5-7,10,15H,8-9,11-13H2,1-4H3. The van der Waals surface area contributed by atoms with Gasteiger partial charge in [-0.2, -0.15) is 4.98 Å². The summed E-state index contributed by atoms with van der Waals surface area (Å²) in [6, 6.07) is 7.05. The molecule has 0 atom stereocenters. The highest BCUT2D eigenvalue weighted by Gasteiger charge is 2.23. The predicted molar refractivity (Wildman–Crippen MR) is 102 cm³/mol. The van der Waals surface area contributed by atoms with Crippen LogP contribution < -0.4 is 9.80 Å². The minimum Gasteiger partial charge on any atom is -0.356 e. The number of nitrogens with zero attached hydrogens (tertiary/aromatic N) is 5. The third-order valence-electron chi connectivity index (χ3n) is 4.67. The number of thiophene rings is 1. The van der Waals surface area contributed by atoms with E-state index in [4.69, 9.17) is 0 Å². The van der Waals surface area contributed by atoms with Crippen molar-refractivity contribution in [3.63, 3.8) is 0 Å². The number of likely N-dealkylation sites (tertiary alicyclic amines) is 1. The van der Waals surface area contributed by atoms with Crippen molar-refractivity contribution in [1.29, 1.82) is 0 Å². The van der Waals surface area contributed by atoms with Crippen LogP contribution in [0.25, 0.3) is 0 Å². The molecule has 1 saturated heterocycles. The molecule has 5 nitrogen and oxygen atoms in total. The molecule has 3 rings (SSSR count). The number of aromatic nitrogens is 2. The average Bonchev–Trinajstić information content (AvgIpc) is 3.00. The van der Waals surface area contributed by atoms with Gasteiger partial charge in [-0.05, 0) is 38.0 Å². The molecule has 1 fully saturated rings. The Kier molecular flexibility index (Phi) is 5.36. The van der Waals surface area contributed by atoms with Gasteiger partial charge in [-0.1, -0.05) is 0 Å². The first-order chi connectivity index (χ1) is 11.5. The van der Waals surface area contributed by atoms with Crippen molar-refractivity contribution >= 4 is 23.1 Å². The van der Waals surface area contributed by atoms with Gasteiger partial charge in [-0.25, -0.2) is 4.98 Å². The molecule has 0 aromatic carbocycles. The minimum absolute atomic E-state index is 0.552. The highest BCUT2D eigenvalue weighted by Crippen LogP contribution is 2.24. The van der Waals surface area contributed by atoms with E-state index < -0.39 is 0 Å². The number of rotatable bonds is 5. The molecule has 0 aliphatic carbocycles. The van der Waals surface area contributed by atoms with E-state index in [1.807, 2.05) is 42.6 Å². The van der Waals surface area contributed by atoms with Gasteiger partial charge < -0.3 is 9.80 Å². The average molecular weight is 346 g/mol. The Balaban J connectivity index is 1.56. The van der Waals surface area contributed by atoms with Gasteiger partial charge in [-0.15, -0.1) is 11.3 Å². The Morgan fingerprint density at radius 1 is 1.17 bits per heavy atom. The van der Waals surface area contributed by atoms with E-state index >= 15 is 0 Å². The Morgan fingerprint density at radius 2 is 1.92 bits per heavy atom. The Morgan fingerprint density at radius 3 is 2.54 bits per heavy atom. The number of anilines is 2. The SMILES string of the molecule is Cc1ccc(CN2CCC(N(C)c3ccnc(N(C)C)n3)CC2)s1. The zero-order valence-electron chi connectivity index (χ0n) is 15.1. The molecule has 1 aliphatic rings. The lowest BCUT2D eigenvalue weighted by molar-refractivity contribution is 0.205. The normalized spacial score (nSPS) is 16.3. The van der Waals surface area contributed by atoms with Gasteiger partial charge in [0.15, 0.2) is 0 Å². The zero-order chi connectivity index (χ0) is 17.1. The van der Waals surface area contributed by atoms with Crippen molar-refractivity contribution < 1.29 is 0 Å². The molecule has 0 saturated carbocycles. The minimum atomic E-state index is 0.552. The summed E-state index contributed by atoms with van der Waals surface area (Å²) >= 11 is 1.92. The highest BCUT2D eigenvalue weighted by atomic mass is 32.1. The van der Waals surface area contributed by atoms with Gasteiger partial charge in [0.05, 0.1) is 0 Å². The number of hydrogen-bond acceptors (Lipinski definition) is 6. The molecule has 24 heavy (non-hydrogen) atoms. The predicted octanol–water partition coefficient (Wildman–Crippen LogP) is 3.01. The molecule has 0 bridgehead atoms. The lowest BCUT2D eigenvalue weighted by Crippen LogP contribution is -2.43. The van der Waals surface area contributed by atoms with Crippen LogP contribution in [0.5, 0.6) is 0 Å². The first-order valence-corrected chi connectivity index (χ1v) is 9.35. The first kappa shape index (κ1) is 17.2. The van der Waals surface area contributed by atoms with E-state index in [0.29, 0.717) is 6.04 Å². The Labute approximate surface area is 148 Å². The summed E-state index contributed by atoms with van der Waals surface area (Å²) in [4.78, 5) is 18.7. The van der Waals surface area contributed by atoms with Crippen molar-refractivity contribution in [1.82, 2.24) is 14.9 Å². The van der Waals surface area contributed by atoms with Crippen molar-refractivity contribution in [2.45, 2.75) is 32.4 Å². The molecule has 0 radical (unpaired) electrons. The fourth-order valence-electron chi connectivity index (χ4n) is 3.19. The summed E-state index contributed by atoms with van der Waals surface area (Å²) in [5, 5.41) is 0. The molecular weight excluding hydrogens is 318 g/mol. The summed E-state index contributed by atoms with van der Waals surface area (Å²) in [5.41, 5.74) is 0. The fraction of sp³-hybridized carbons (Fsp3) is 0.556. The van der Waals surface area contributed by atoms with Crippen LogP contribution in [0, 0.1) is 6.92 Å². The maximum absolute atomic E-state index is 4.67. The van der Waals surface area contributed by atoms with Gasteiger partial charge in [-0.3, -0.25) is 4.90 Å². The second-order valence-corrected chi connectivity index (χ2v) is 8.11. The van der Waals surface area contributed by atoms with Crippen molar-refractivity contribution in [3.05, 3.63) is 34.2 Å². The van der Waals surface area contributed by atoms with Crippen molar-refractivity contribution in [3.8, 4) is 0 Å². The van der Waals surface area contributed by atoms with Gasteiger partial charge in [0, 0.05) is 62.8 Å². The summed E-state index contributed by atoms with van der Waals surface area (Å²) < 4.78 is 0. The van der Waals surface area contributed by atoms with Crippen LogP contribution in [-0.4, -0.2) is 55.1 Å². The van der Waals surface area contributed by atoms with Crippen molar-refractivity contribution in [2.75, 3.05) is 44.0 Å². The van der Waals surface area contributed by atoms with Gasteiger partial charge in [0.25, 0.3) is 0 Å². The van der Waals surface area contributed by atoms with Gasteiger partial charge in [0.1, 0.15) is 5.82 Å². The molecular formula is C18H27N5S. The van der Waals surface area contributed by atoms with Crippen LogP contribution in [-0.2, 0) is 6.54 Å². The van der Waals surface area contributed by atoms with E-state index in [2.05, 4.69) is 45.9 Å². The molecule has 2 aromatic rings. The first-order valence-electron chi connectivity index (χ1n) is 8.54. The second-order valence-electron chi connectivity index (χ2n) is 6.74. The fourth-order valence-corrected chi connectivity index (χ4v) is 4.13. The van der Waals surface area contributed by atoms with E-state index in [-0.39, 0.29) is 0 Å². The molecule has 0 spiro atoms.